The first kappa shape index (κ1) is 21.3. The van der Waals surface area contributed by atoms with Gasteiger partial charge in [0.25, 0.3) is 0 Å². The van der Waals surface area contributed by atoms with Crippen molar-refractivity contribution in [3.63, 3.8) is 0 Å². The third-order valence-corrected chi connectivity index (χ3v) is 5.62. The summed E-state index contributed by atoms with van der Waals surface area (Å²) in [6.07, 6.45) is 3.78. The zero-order valence-electron chi connectivity index (χ0n) is 17.1. The minimum atomic E-state index is -0.416. The van der Waals surface area contributed by atoms with Gasteiger partial charge in [-0.25, -0.2) is 25.4 Å². The number of nitrogens with two attached hydrogens (primary N) is 2. The topological polar surface area (TPSA) is 140 Å². The van der Waals surface area contributed by atoms with Gasteiger partial charge < -0.3 is 11.1 Å². The number of nitrogens with one attached hydrogen (secondary N) is 1. The van der Waals surface area contributed by atoms with Crippen molar-refractivity contribution >= 4 is 46.3 Å². The predicted octanol–water partition coefficient (Wildman–Crippen LogP) is 2.26. The number of fused-ring (bicyclic) bond motifs is 3. The number of halogens is 2. The Kier molecular flexibility index (Phi) is 5.24. The predicted molar refractivity (Wildman–Crippen MR) is 119 cm³/mol. The Balaban J connectivity index is 1.62. The lowest BCUT2D eigenvalue weighted by Gasteiger charge is -2.19. The van der Waals surface area contributed by atoms with Gasteiger partial charge in [0.1, 0.15) is 5.69 Å². The maximum Gasteiger partial charge on any atom is 0.232 e. The second-order valence-electron chi connectivity index (χ2n) is 8.04. The number of hydrogen-bond acceptors (Lipinski definition) is 7. The van der Waals surface area contributed by atoms with Gasteiger partial charge in [-0.3, -0.25) is 4.79 Å². The van der Waals surface area contributed by atoms with E-state index in [9.17, 15) is 4.79 Å². The maximum atomic E-state index is 13.1. The molecule has 1 atom stereocenters. The summed E-state index contributed by atoms with van der Waals surface area (Å²) in [5.41, 5.74) is 8.64. The van der Waals surface area contributed by atoms with Crippen molar-refractivity contribution in [1.29, 1.82) is 0 Å². The summed E-state index contributed by atoms with van der Waals surface area (Å²) in [5, 5.41) is 12.7. The lowest BCUT2D eigenvalue weighted by Crippen LogP contribution is -2.26. The zero-order chi connectivity index (χ0) is 22.5. The number of carbonyl (C=O) groups excluding carboxylic acids is 1. The van der Waals surface area contributed by atoms with Crippen molar-refractivity contribution < 1.29 is 4.79 Å². The molecule has 0 aliphatic heterocycles. The fourth-order valence-electron chi connectivity index (χ4n) is 3.94. The Morgan fingerprint density at radius 1 is 1.32 bits per heavy atom. The highest BCUT2D eigenvalue weighted by Gasteiger charge is 2.43. The van der Waals surface area contributed by atoms with Crippen molar-refractivity contribution in [3.05, 3.63) is 51.7 Å². The van der Waals surface area contributed by atoms with Crippen molar-refractivity contribution in [2.75, 3.05) is 12.4 Å². The fraction of sp³-hybridized carbons (Fsp3) is 0.316. The number of hydrogen-bond donors (Lipinski definition) is 3. The second-order valence-corrected chi connectivity index (χ2v) is 8.84. The van der Waals surface area contributed by atoms with Crippen molar-refractivity contribution in [1.82, 2.24) is 24.7 Å². The van der Waals surface area contributed by atoms with Crippen LogP contribution in [-0.4, -0.2) is 43.5 Å². The van der Waals surface area contributed by atoms with Gasteiger partial charge in [0.2, 0.25) is 5.91 Å². The number of amides is 1. The number of aromatic nitrogens is 4. The van der Waals surface area contributed by atoms with Gasteiger partial charge in [-0.05, 0) is 12.5 Å². The number of carbonyl (C=O) groups is 1. The smallest absolute Gasteiger partial charge is 0.232 e. The number of hydrazine groups is 1. The summed E-state index contributed by atoms with van der Waals surface area (Å²) in [5.74, 6) is 4.91. The van der Waals surface area contributed by atoms with E-state index in [-0.39, 0.29) is 27.9 Å². The second kappa shape index (κ2) is 7.63. The number of nitrogens with zero attached hydrogens (tertiary/aromatic N) is 6. The van der Waals surface area contributed by atoms with E-state index in [1.807, 2.05) is 0 Å². The van der Waals surface area contributed by atoms with E-state index in [0.717, 1.165) is 16.4 Å². The van der Waals surface area contributed by atoms with E-state index in [0.29, 0.717) is 22.9 Å². The average molecular weight is 462 g/mol. The van der Waals surface area contributed by atoms with Crippen LogP contribution in [0, 0.1) is 0 Å². The summed E-state index contributed by atoms with van der Waals surface area (Å²) < 4.78 is 1.72. The van der Waals surface area contributed by atoms with Crippen LogP contribution in [0.5, 0.6) is 0 Å². The normalized spacial score (nSPS) is 17.6. The van der Waals surface area contributed by atoms with E-state index >= 15 is 0 Å². The Morgan fingerprint density at radius 3 is 2.74 bits per heavy atom. The number of amidine groups is 1. The number of rotatable bonds is 4. The maximum absolute atomic E-state index is 13.1. The van der Waals surface area contributed by atoms with Gasteiger partial charge in [-0.1, -0.05) is 37.0 Å². The van der Waals surface area contributed by atoms with Gasteiger partial charge in [-0.2, -0.15) is 5.10 Å². The lowest BCUT2D eigenvalue weighted by atomic mass is 9.88. The van der Waals surface area contributed by atoms with Crippen molar-refractivity contribution in [3.8, 4) is 0 Å². The minimum Gasteiger partial charge on any atom is -0.380 e. The molecule has 1 unspecified atom stereocenters. The Morgan fingerprint density at radius 2 is 2.06 bits per heavy atom. The highest BCUT2D eigenvalue weighted by Crippen LogP contribution is 2.46. The fourth-order valence-corrected chi connectivity index (χ4v) is 4.38. The van der Waals surface area contributed by atoms with Crippen molar-refractivity contribution in [2.45, 2.75) is 31.6 Å². The summed E-state index contributed by atoms with van der Waals surface area (Å²) in [7, 11) is 1.52. The minimum absolute atomic E-state index is 0.0623. The molecule has 0 saturated carbocycles. The molecule has 3 aromatic rings. The third kappa shape index (κ3) is 3.89. The molecule has 12 heteroatoms. The monoisotopic (exact) mass is 461 g/mol. The van der Waals surface area contributed by atoms with E-state index in [1.165, 1.54) is 13.2 Å². The SMILES string of the molecule is CN(N)/N=C(\N)c1ncc(NC(=O)C2CC(C)(C)c3c2cnc2cc(Cl)nn32)cc1Cl. The highest BCUT2D eigenvalue weighted by molar-refractivity contribution is 6.34. The van der Waals surface area contributed by atoms with Gasteiger partial charge in [-0.15, -0.1) is 5.10 Å². The van der Waals surface area contributed by atoms with Crippen LogP contribution < -0.4 is 16.9 Å². The standard InChI is InChI=1S/C19H21Cl2N9O/c1-19(2)6-10(11-8-24-14-5-13(21)27-30(14)16(11)19)18(31)26-9-4-12(20)15(25-7-9)17(22)28-29(3)23/h4-5,7-8,10H,6,23H2,1-3H3,(H2,22,28)(H,26,31). The van der Waals surface area contributed by atoms with E-state index in [2.05, 4.69) is 39.3 Å². The molecule has 0 saturated heterocycles. The van der Waals surface area contributed by atoms with Gasteiger partial charge in [0.05, 0.1) is 28.5 Å². The molecule has 0 spiro atoms. The van der Waals surface area contributed by atoms with Gasteiger partial charge in [0.15, 0.2) is 16.6 Å². The van der Waals surface area contributed by atoms with Crippen LogP contribution in [0.1, 0.15) is 43.1 Å². The van der Waals surface area contributed by atoms with E-state index in [4.69, 9.17) is 34.8 Å². The number of pyridine rings is 1. The molecule has 1 amide bonds. The molecule has 1 aliphatic rings. The Bertz CT molecular complexity index is 1220. The molecule has 1 aliphatic carbocycles. The molecule has 162 valence electrons. The van der Waals surface area contributed by atoms with Crippen LogP contribution in [-0.2, 0) is 10.2 Å². The largest absolute Gasteiger partial charge is 0.380 e. The molecule has 4 rings (SSSR count). The molecular formula is C19H21Cl2N9O. The molecule has 3 heterocycles. The first-order chi connectivity index (χ1) is 14.6. The highest BCUT2D eigenvalue weighted by atomic mass is 35.5. The van der Waals surface area contributed by atoms with Gasteiger partial charge in [0, 0.05) is 30.3 Å². The summed E-state index contributed by atoms with van der Waals surface area (Å²) in [6, 6.07) is 3.26. The van der Waals surface area contributed by atoms with Crippen LogP contribution in [0.15, 0.2) is 29.6 Å². The summed E-state index contributed by atoms with van der Waals surface area (Å²) in [4.78, 5) is 21.8. The Hall–Kier alpha value is -2.95. The van der Waals surface area contributed by atoms with Crippen LogP contribution in [0.25, 0.3) is 5.65 Å². The van der Waals surface area contributed by atoms with Gasteiger partial charge >= 0.3 is 0 Å². The average Bonchev–Trinajstić information content (AvgIpc) is 3.17. The first-order valence-corrected chi connectivity index (χ1v) is 10.2. The first-order valence-electron chi connectivity index (χ1n) is 9.41. The molecule has 0 aromatic carbocycles. The van der Waals surface area contributed by atoms with Crippen LogP contribution in [0.2, 0.25) is 10.2 Å². The number of hydrazone groups is 1. The molecule has 5 N–H and O–H groups in total. The molecule has 0 radical (unpaired) electrons. The Labute approximate surface area is 188 Å². The molecule has 3 aromatic heterocycles. The van der Waals surface area contributed by atoms with Crippen molar-refractivity contribution in [2.24, 2.45) is 16.7 Å². The summed E-state index contributed by atoms with van der Waals surface area (Å²) >= 11 is 12.3. The lowest BCUT2D eigenvalue weighted by molar-refractivity contribution is -0.117. The molecule has 31 heavy (non-hydrogen) atoms. The molecule has 0 bridgehead atoms. The third-order valence-electron chi connectivity index (χ3n) is 5.15. The molecule has 10 nitrogen and oxygen atoms in total. The molecule has 0 fully saturated rings. The van der Waals surface area contributed by atoms with Crippen LogP contribution in [0.4, 0.5) is 5.69 Å². The summed E-state index contributed by atoms with van der Waals surface area (Å²) in [6.45, 7) is 4.13. The quantitative estimate of drug-likeness (QED) is 0.234. The van der Waals surface area contributed by atoms with E-state index < -0.39 is 5.92 Å². The van der Waals surface area contributed by atoms with E-state index in [1.54, 1.807) is 22.8 Å². The van der Waals surface area contributed by atoms with Crippen LogP contribution >= 0.6 is 23.2 Å². The zero-order valence-corrected chi connectivity index (χ0v) is 18.6. The number of anilines is 1. The molecular weight excluding hydrogens is 441 g/mol. The van der Waals surface area contributed by atoms with Crippen LogP contribution in [0.3, 0.4) is 0 Å².